The van der Waals surface area contributed by atoms with Crippen LogP contribution in [0.15, 0.2) is 54.6 Å². The molecule has 3 aromatic rings. The summed E-state index contributed by atoms with van der Waals surface area (Å²) < 4.78 is 13.4. The van der Waals surface area contributed by atoms with E-state index in [1.165, 1.54) is 12.1 Å². The number of aryl methyl sites for hydroxylation is 1. The molecule has 1 aliphatic carbocycles. The highest BCUT2D eigenvalue weighted by Crippen LogP contribution is 2.38. The first-order chi connectivity index (χ1) is 16.4. The molecule has 0 aliphatic heterocycles. The number of hydrogen-bond donors (Lipinski definition) is 2. The molecule has 2 unspecified atom stereocenters. The topological polar surface area (TPSA) is 78.1 Å². The molecular weight excluding hydrogens is 431 g/mol. The van der Waals surface area contributed by atoms with E-state index in [1.54, 1.807) is 35.2 Å². The summed E-state index contributed by atoms with van der Waals surface area (Å²) >= 11 is 0. The van der Waals surface area contributed by atoms with Crippen LogP contribution in [0, 0.1) is 17.7 Å². The van der Waals surface area contributed by atoms with Gasteiger partial charge in [-0.2, -0.15) is 5.10 Å². The number of hydrogen-bond acceptors (Lipinski definition) is 3. The minimum atomic E-state index is -0.272. The summed E-state index contributed by atoms with van der Waals surface area (Å²) in [7, 11) is 1.81. The van der Waals surface area contributed by atoms with E-state index >= 15 is 0 Å². The van der Waals surface area contributed by atoms with Crippen molar-refractivity contribution in [1.82, 2.24) is 15.1 Å². The van der Waals surface area contributed by atoms with Crippen molar-refractivity contribution < 1.29 is 14.0 Å². The third-order valence-corrected chi connectivity index (χ3v) is 6.38. The molecule has 1 heterocycles. The van der Waals surface area contributed by atoms with Gasteiger partial charge >= 0.3 is 0 Å². The van der Waals surface area contributed by atoms with Gasteiger partial charge in [-0.15, -0.1) is 0 Å². The highest BCUT2D eigenvalue weighted by molar-refractivity contribution is 5.96. The third-order valence-electron chi connectivity index (χ3n) is 6.38. The zero-order valence-electron chi connectivity index (χ0n) is 19.7. The van der Waals surface area contributed by atoms with E-state index in [4.69, 9.17) is 0 Å². The predicted octanol–water partition coefficient (Wildman–Crippen LogP) is 5.30. The normalized spacial score (nSPS) is 16.8. The first-order valence-electron chi connectivity index (χ1n) is 11.9. The Morgan fingerprint density at radius 2 is 1.88 bits per heavy atom. The summed E-state index contributed by atoms with van der Waals surface area (Å²) in [6, 6.07) is 15.5. The first kappa shape index (κ1) is 23.7. The second-order valence-electron chi connectivity index (χ2n) is 9.21. The summed E-state index contributed by atoms with van der Waals surface area (Å²) in [5.74, 6) is 0.348. The van der Waals surface area contributed by atoms with Crippen molar-refractivity contribution in [2.24, 2.45) is 11.8 Å². The Balaban J connectivity index is 1.17. The highest BCUT2D eigenvalue weighted by atomic mass is 19.1. The fourth-order valence-corrected chi connectivity index (χ4v) is 4.07. The molecular formula is C27H31FN4O2. The van der Waals surface area contributed by atoms with Gasteiger partial charge in [-0.05, 0) is 74.1 Å². The molecule has 6 nitrogen and oxygen atoms in total. The van der Waals surface area contributed by atoms with E-state index in [1.807, 2.05) is 19.2 Å². The third kappa shape index (κ3) is 6.10. The smallest absolute Gasteiger partial charge is 0.253 e. The van der Waals surface area contributed by atoms with E-state index < -0.39 is 0 Å². The van der Waals surface area contributed by atoms with E-state index in [-0.39, 0.29) is 23.5 Å². The lowest BCUT2D eigenvalue weighted by Crippen LogP contribution is -2.27. The molecule has 0 saturated heterocycles. The van der Waals surface area contributed by atoms with Gasteiger partial charge in [0.25, 0.3) is 5.91 Å². The van der Waals surface area contributed by atoms with Crippen molar-refractivity contribution in [3.8, 4) is 11.3 Å². The molecule has 2 N–H and O–H groups in total. The van der Waals surface area contributed by atoms with Crippen molar-refractivity contribution >= 4 is 17.5 Å². The molecule has 2 atom stereocenters. The lowest BCUT2D eigenvalue weighted by molar-refractivity contribution is -0.117. The van der Waals surface area contributed by atoms with Crippen molar-refractivity contribution in [2.75, 3.05) is 18.9 Å². The van der Waals surface area contributed by atoms with Crippen molar-refractivity contribution in [2.45, 2.75) is 39.0 Å². The molecule has 1 fully saturated rings. The van der Waals surface area contributed by atoms with Crippen LogP contribution in [-0.2, 0) is 11.2 Å². The number of H-pyrrole nitrogens is 1. The average molecular weight is 463 g/mol. The Hall–Kier alpha value is -3.48. The Bertz CT molecular complexity index is 1140. The van der Waals surface area contributed by atoms with E-state index in [0.717, 1.165) is 54.7 Å². The molecule has 2 aromatic carbocycles. The number of nitrogens with one attached hydrogen (secondary N) is 2. The first-order valence-corrected chi connectivity index (χ1v) is 11.9. The van der Waals surface area contributed by atoms with Gasteiger partial charge in [0, 0.05) is 42.0 Å². The van der Waals surface area contributed by atoms with Crippen molar-refractivity contribution in [3.05, 3.63) is 71.7 Å². The lowest BCUT2D eigenvalue weighted by Gasteiger charge is -2.17. The second kappa shape index (κ2) is 10.6. The molecule has 1 aromatic heterocycles. The molecule has 34 heavy (non-hydrogen) atoms. The van der Waals surface area contributed by atoms with Gasteiger partial charge in [-0.1, -0.05) is 25.5 Å². The number of rotatable bonds is 10. The number of aromatic amines is 1. The maximum absolute atomic E-state index is 13.4. The summed E-state index contributed by atoms with van der Waals surface area (Å²) in [4.78, 5) is 26.5. The number of aromatic nitrogens is 2. The minimum absolute atomic E-state index is 0.0259. The van der Waals surface area contributed by atoms with Crippen LogP contribution in [0.1, 0.15) is 48.7 Å². The molecule has 1 saturated carbocycles. The van der Waals surface area contributed by atoms with Crippen LogP contribution in [0.25, 0.3) is 11.3 Å². The zero-order chi connectivity index (χ0) is 24.1. The highest BCUT2D eigenvalue weighted by Gasteiger charge is 2.39. The maximum Gasteiger partial charge on any atom is 0.253 e. The van der Waals surface area contributed by atoms with Crippen molar-refractivity contribution in [1.29, 1.82) is 0 Å². The van der Waals surface area contributed by atoms with Crippen LogP contribution >= 0.6 is 0 Å². The Kier molecular flexibility index (Phi) is 7.40. The van der Waals surface area contributed by atoms with Crippen LogP contribution in [0.2, 0.25) is 0 Å². The van der Waals surface area contributed by atoms with Gasteiger partial charge in [0.05, 0.1) is 5.69 Å². The molecule has 2 amide bonds. The number of benzene rings is 2. The molecule has 4 rings (SSSR count). The minimum Gasteiger partial charge on any atom is -0.342 e. The number of nitrogens with zero attached hydrogens (tertiary/aromatic N) is 2. The SMILES string of the molecule is CC1CC1C(=O)Nc1ccc(C(=O)N(C)CCCCCc2cc(-c3cccc(F)c3)n[nH]2)cc1. The van der Waals surface area contributed by atoms with Gasteiger partial charge in [-0.25, -0.2) is 4.39 Å². The van der Waals surface area contributed by atoms with E-state index in [9.17, 15) is 14.0 Å². The van der Waals surface area contributed by atoms with Crippen molar-refractivity contribution in [3.63, 3.8) is 0 Å². The lowest BCUT2D eigenvalue weighted by atomic mass is 10.1. The largest absolute Gasteiger partial charge is 0.342 e. The number of carbonyl (C=O) groups is 2. The Labute approximate surface area is 199 Å². The van der Waals surface area contributed by atoms with Gasteiger partial charge in [0.15, 0.2) is 0 Å². The number of unbranched alkanes of at least 4 members (excludes halogenated alkanes) is 2. The number of amides is 2. The Morgan fingerprint density at radius 3 is 2.59 bits per heavy atom. The molecule has 0 spiro atoms. The summed E-state index contributed by atoms with van der Waals surface area (Å²) in [6.45, 7) is 2.75. The molecule has 1 aliphatic rings. The van der Waals surface area contributed by atoms with Gasteiger partial charge in [0.2, 0.25) is 5.91 Å². The molecule has 0 radical (unpaired) electrons. The van der Waals surface area contributed by atoms with E-state index in [2.05, 4.69) is 22.4 Å². The van der Waals surface area contributed by atoms with Crippen LogP contribution in [0.3, 0.4) is 0 Å². The standard InChI is InChI=1S/C27H31FN4O2/c1-18-15-24(18)26(33)29-22-12-10-19(11-13-22)27(34)32(2)14-5-3-4-9-23-17-25(31-30-23)20-7-6-8-21(28)16-20/h6-8,10-13,16-18,24H,3-5,9,14-15H2,1-2H3,(H,29,33)(H,30,31). The number of anilines is 1. The van der Waals surface area contributed by atoms with Crippen LogP contribution in [0.5, 0.6) is 0 Å². The van der Waals surface area contributed by atoms with Gasteiger partial charge < -0.3 is 10.2 Å². The summed E-state index contributed by atoms with van der Waals surface area (Å²) in [5, 5.41) is 10.2. The summed E-state index contributed by atoms with van der Waals surface area (Å²) in [5.41, 5.74) is 3.86. The molecule has 178 valence electrons. The second-order valence-corrected chi connectivity index (χ2v) is 9.21. The average Bonchev–Trinajstić information content (AvgIpc) is 3.38. The number of carbonyl (C=O) groups excluding carboxylic acids is 2. The van der Waals surface area contributed by atoms with Crippen LogP contribution < -0.4 is 5.32 Å². The molecule has 0 bridgehead atoms. The maximum atomic E-state index is 13.4. The predicted molar refractivity (Wildman–Crippen MR) is 131 cm³/mol. The van der Waals surface area contributed by atoms with Crippen LogP contribution in [-0.4, -0.2) is 40.5 Å². The summed E-state index contributed by atoms with van der Waals surface area (Å²) in [6.07, 6.45) is 4.66. The number of halogens is 1. The van der Waals surface area contributed by atoms with Gasteiger partial charge in [-0.3, -0.25) is 14.7 Å². The fourth-order valence-electron chi connectivity index (χ4n) is 4.07. The quantitative estimate of drug-likeness (QED) is 0.402. The van der Waals surface area contributed by atoms with E-state index in [0.29, 0.717) is 18.0 Å². The Morgan fingerprint density at radius 1 is 1.12 bits per heavy atom. The van der Waals surface area contributed by atoms with Crippen LogP contribution in [0.4, 0.5) is 10.1 Å². The molecule has 7 heteroatoms. The fraction of sp³-hybridized carbons (Fsp3) is 0.370. The monoisotopic (exact) mass is 462 g/mol. The zero-order valence-corrected chi connectivity index (χ0v) is 19.7. The van der Waals surface area contributed by atoms with Gasteiger partial charge in [0.1, 0.15) is 5.82 Å².